The average molecular weight is 427 g/mol. The lowest BCUT2D eigenvalue weighted by atomic mass is 10.1. The molecule has 0 saturated carbocycles. The molecule has 3 heterocycles. The third-order valence-electron chi connectivity index (χ3n) is 5.55. The highest BCUT2D eigenvalue weighted by Gasteiger charge is 2.28. The van der Waals surface area contributed by atoms with E-state index in [0.717, 1.165) is 17.5 Å². The molecule has 2 aliphatic rings. The Balaban J connectivity index is 1.42. The highest BCUT2D eigenvalue weighted by molar-refractivity contribution is 5.78. The number of benzene rings is 1. The number of ether oxygens (including phenoxy) is 1. The minimum Gasteiger partial charge on any atom is -0.487 e. The van der Waals surface area contributed by atoms with Crippen LogP contribution in [0.2, 0.25) is 0 Å². The van der Waals surface area contributed by atoms with E-state index >= 15 is 0 Å². The molecule has 1 aromatic carbocycles. The quantitative estimate of drug-likeness (QED) is 0.754. The maximum absolute atomic E-state index is 13.8. The number of piperidine rings is 1. The molecule has 2 aromatic rings. The molecule has 1 fully saturated rings. The number of carbonyl (C=O) groups excluding carboxylic acids is 1. The Labute approximate surface area is 179 Å². The summed E-state index contributed by atoms with van der Waals surface area (Å²) in [5.74, 6) is 1.91. The minimum absolute atomic E-state index is 0.0460. The Kier molecular flexibility index (Phi) is 5.89. The van der Waals surface area contributed by atoms with Gasteiger partial charge in [-0.3, -0.25) is 4.79 Å². The van der Waals surface area contributed by atoms with Crippen molar-refractivity contribution in [1.29, 1.82) is 0 Å². The van der Waals surface area contributed by atoms with E-state index in [9.17, 15) is 13.6 Å². The Bertz CT molecular complexity index is 1030. The molecule has 2 aliphatic heterocycles. The van der Waals surface area contributed by atoms with Crippen LogP contribution >= 0.6 is 0 Å². The first-order valence-corrected chi connectivity index (χ1v) is 10.2. The van der Waals surface area contributed by atoms with E-state index < -0.39 is 11.6 Å². The second-order valence-electron chi connectivity index (χ2n) is 7.65. The molecular weight excluding hydrogens is 404 g/mol. The number of carbonyl (C=O) groups is 1. The van der Waals surface area contributed by atoms with Crippen LogP contribution in [0.4, 0.5) is 20.4 Å². The molecular formula is C22H23F2N5O2. The number of terminal acetylenes is 1. The van der Waals surface area contributed by atoms with Gasteiger partial charge in [-0.15, -0.1) is 6.42 Å². The lowest BCUT2D eigenvalue weighted by Gasteiger charge is -2.34. The summed E-state index contributed by atoms with van der Waals surface area (Å²) in [6, 6.07) is 3.29. The zero-order chi connectivity index (χ0) is 22.0. The molecule has 31 heavy (non-hydrogen) atoms. The van der Waals surface area contributed by atoms with Crippen LogP contribution in [0.25, 0.3) is 0 Å². The molecule has 9 heteroatoms. The molecule has 7 nitrogen and oxygen atoms in total. The van der Waals surface area contributed by atoms with Crippen molar-refractivity contribution in [2.24, 2.45) is 0 Å². The van der Waals surface area contributed by atoms with Crippen molar-refractivity contribution < 1.29 is 18.3 Å². The van der Waals surface area contributed by atoms with Gasteiger partial charge in [0.05, 0.1) is 24.4 Å². The number of halogens is 2. The summed E-state index contributed by atoms with van der Waals surface area (Å²) in [5, 5.41) is 0. The molecule has 0 radical (unpaired) electrons. The summed E-state index contributed by atoms with van der Waals surface area (Å²) < 4.78 is 32.6. The number of aromatic nitrogens is 2. The second kappa shape index (κ2) is 8.76. The molecule has 2 N–H and O–H groups in total. The maximum Gasteiger partial charge on any atom is 0.234 e. The number of nitrogens with two attached hydrogens (primary N) is 1. The topological polar surface area (TPSA) is 84.6 Å². The average Bonchev–Trinajstić information content (AvgIpc) is 2.76. The van der Waals surface area contributed by atoms with Crippen LogP contribution in [0.15, 0.2) is 18.2 Å². The fraction of sp³-hybridized carbons (Fsp3) is 0.409. The Hall–Kier alpha value is -3.41. The van der Waals surface area contributed by atoms with Crippen LogP contribution < -0.4 is 15.4 Å². The third-order valence-corrected chi connectivity index (χ3v) is 5.55. The molecule has 0 unspecified atom stereocenters. The number of fused-ring (bicyclic) bond motifs is 1. The van der Waals surface area contributed by atoms with Crippen molar-refractivity contribution in [1.82, 2.24) is 14.9 Å². The van der Waals surface area contributed by atoms with Gasteiger partial charge in [-0.2, -0.15) is 0 Å². The molecule has 0 aliphatic carbocycles. The molecule has 4 rings (SSSR count). The Morgan fingerprint density at radius 1 is 1.23 bits per heavy atom. The van der Waals surface area contributed by atoms with Crippen LogP contribution in [0.5, 0.6) is 5.75 Å². The van der Waals surface area contributed by atoms with E-state index in [1.165, 1.54) is 12.1 Å². The lowest BCUT2D eigenvalue weighted by molar-refractivity contribution is -0.131. The van der Waals surface area contributed by atoms with E-state index in [1.54, 1.807) is 4.90 Å². The molecule has 1 aromatic heterocycles. The maximum atomic E-state index is 13.8. The van der Waals surface area contributed by atoms with Crippen LogP contribution in [0.1, 0.15) is 30.7 Å². The molecule has 0 bridgehead atoms. The summed E-state index contributed by atoms with van der Waals surface area (Å²) in [7, 11) is 0. The van der Waals surface area contributed by atoms with E-state index in [-0.39, 0.29) is 24.2 Å². The van der Waals surface area contributed by atoms with Crippen molar-refractivity contribution in [3.8, 4) is 18.1 Å². The van der Waals surface area contributed by atoms with Gasteiger partial charge >= 0.3 is 0 Å². The SMILES string of the molecule is C#CCC(=O)N1CCc2nc(N)c(N3CCC(Oc4ccc(F)cc4F)CC3)nc2C1. The van der Waals surface area contributed by atoms with Crippen LogP contribution in [-0.2, 0) is 17.8 Å². The number of nitrogens with zero attached hydrogens (tertiary/aromatic N) is 4. The third kappa shape index (κ3) is 4.53. The molecule has 0 spiro atoms. The van der Waals surface area contributed by atoms with Crippen LogP contribution in [0, 0.1) is 24.0 Å². The fourth-order valence-corrected chi connectivity index (χ4v) is 3.92. The van der Waals surface area contributed by atoms with Gasteiger partial charge in [0.25, 0.3) is 0 Å². The van der Waals surface area contributed by atoms with Gasteiger partial charge in [0.2, 0.25) is 5.91 Å². The number of amides is 1. The summed E-state index contributed by atoms with van der Waals surface area (Å²) in [4.78, 5) is 25.1. The predicted octanol–water partition coefficient (Wildman–Crippen LogP) is 2.29. The second-order valence-corrected chi connectivity index (χ2v) is 7.65. The predicted molar refractivity (Wildman–Crippen MR) is 111 cm³/mol. The van der Waals surface area contributed by atoms with Crippen molar-refractivity contribution in [3.05, 3.63) is 41.2 Å². The van der Waals surface area contributed by atoms with Gasteiger partial charge in [-0.25, -0.2) is 18.7 Å². The monoisotopic (exact) mass is 427 g/mol. The van der Waals surface area contributed by atoms with E-state index in [1.807, 2.05) is 4.90 Å². The van der Waals surface area contributed by atoms with Gasteiger partial charge in [-0.1, -0.05) is 5.92 Å². The summed E-state index contributed by atoms with van der Waals surface area (Å²) >= 11 is 0. The summed E-state index contributed by atoms with van der Waals surface area (Å²) in [5.41, 5.74) is 7.70. The first-order valence-electron chi connectivity index (χ1n) is 10.2. The van der Waals surface area contributed by atoms with Crippen molar-refractivity contribution >= 4 is 17.5 Å². The smallest absolute Gasteiger partial charge is 0.234 e. The van der Waals surface area contributed by atoms with Gasteiger partial charge in [0.1, 0.15) is 11.9 Å². The summed E-state index contributed by atoms with van der Waals surface area (Å²) in [6.07, 6.45) is 6.96. The number of nitrogen functional groups attached to an aromatic ring is 1. The van der Waals surface area contributed by atoms with Gasteiger partial charge in [-0.05, 0) is 12.1 Å². The van der Waals surface area contributed by atoms with Gasteiger partial charge in [0.15, 0.2) is 23.2 Å². The largest absolute Gasteiger partial charge is 0.487 e. The number of rotatable bonds is 4. The first-order chi connectivity index (χ1) is 14.9. The van der Waals surface area contributed by atoms with E-state index in [0.29, 0.717) is 57.1 Å². The standard InChI is InChI=1S/C22H23F2N5O2/c1-2-3-20(30)29-11-8-17-18(13-29)27-22(21(25)26-17)28-9-6-15(7-10-28)31-19-5-4-14(23)12-16(19)24/h1,4-5,12,15H,3,6-11,13H2,(H2,25,26). The Morgan fingerprint density at radius 2 is 2.00 bits per heavy atom. The normalized spacial score (nSPS) is 16.5. The van der Waals surface area contributed by atoms with Gasteiger partial charge in [0, 0.05) is 45.0 Å². The van der Waals surface area contributed by atoms with Crippen molar-refractivity contribution in [3.63, 3.8) is 0 Å². The fourth-order valence-electron chi connectivity index (χ4n) is 3.92. The zero-order valence-corrected chi connectivity index (χ0v) is 17.0. The number of hydrogen-bond donors (Lipinski definition) is 1. The lowest BCUT2D eigenvalue weighted by Crippen LogP contribution is -2.40. The van der Waals surface area contributed by atoms with E-state index in [2.05, 4.69) is 10.9 Å². The van der Waals surface area contributed by atoms with E-state index in [4.69, 9.17) is 21.9 Å². The van der Waals surface area contributed by atoms with Gasteiger partial charge < -0.3 is 20.3 Å². The minimum atomic E-state index is -0.712. The molecule has 162 valence electrons. The first kappa shape index (κ1) is 20.8. The highest BCUT2D eigenvalue weighted by atomic mass is 19.1. The molecule has 1 saturated heterocycles. The molecule has 0 atom stereocenters. The zero-order valence-electron chi connectivity index (χ0n) is 17.0. The van der Waals surface area contributed by atoms with Crippen molar-refractivity contribution in [2.45, 2.75) is 38.3 Å². The van der Waals surface area contributed by atoms with Crippen molar-refractivity contribution in [2.75, 3.05) is 30.3 Å². The number of hydrogen-bond acceptors (Lipinski definition) is 6. The molecule has 1 amide bonds. The highest BCUT2D eigenvalue weighted by Crippen LogP contribution is 2.29. The van der Waals surface area contributed by atoms with Crippen LogP contribution in [-0.4, -0.2) is 46.5 Å². The number of anilines is 2. The summed E-state index contributed by atoms with van der Waals surface area (Å²) in [6.45, 7) is 2.11. The Morgan fingerprint density at radius 3 is 2.71 bits per heavy atom. The van der Waals surface area contributed by atoms with Crippen LogP contribution in [0.3, 0.4) is 0 Å².